The first-order valence-corrected chi connectivity index (χ1v) is 11.7. The molecule has 1 aliphatic heterocycles. The largest absolute Gasteiger partial charge is 0.337 e. The van der Waals surface area contributed by atoms with E-state index in [-0.39, 0.29) is 5.91 Å². The van der Waals surface area contributed by atoms with Crippen molar-refractivity contribution in [1.82, 2.24) is 19.4 Å². The third-order valence-corrected chi connectivity index (χ3v) is 6.65. The number of carbonyl (C=O) groups excluding carboxylic acids is 1. The van der Waals surface area contributed by atoms with Gasteiger partial charge in [0.05, 0.1) is 0 Å². The molecule has 0 saturated carbocycles. The predicted molar refractivity (Wildman–Crippen MR) is 133 cm³/mol. The van der Waals surface area contributed by atoms with Gasteiger partial charge in [-0.3, -0.25) is 4.79 Å². The Balaban J connectivity index is 1.44. The van der Waals surface area contributed by atoms with Gasteiger partial charge in [0.15, 0.2) is 0 Å². The standard InChI is InChI=1S/C24H20Cl3N5O/c25-18-4-5-21-17(12-18)13-22(32(21)15-16-2-3-19(26)14-20(16)27)23(33)30-8-10-31(11-9-30)24-28-6-1-7-29-24/h1-7,12-14H,8-11,15H2. The van der Waals surface area contributed by atoms with Crippen LogP contribution in [0.15, 0.2) is 60.9 Å². The van der Waals surface area contributed by atoms with Gasteiger partial charge in [-0.2, -0.15) is 0 Å². The van der Waals surface area contributed by atoms with Crippen LogP contribution in [0.2, 0.25) is 15.1 Å². The maximum absolute atomic E-state index is 13.6. The van der Waals surface area contributed by atoms with Crippen LogP contribution >= 0.6 is 34.8 Å². The highest BCUT2D eigenvalue weighted by Gasteiger charge is 2.26. The van der Waals surface area contributed by atoms with Crippen LogP contribution < -0.4 is 4.90 Å². The number of carbonyl (C=O) groups is 1. The van der Waals surface area contributed by atoms with E-state index >= 15 is 0 Å². The van der Waals surface area contributed by atoms with Gasteiger partial charge in [0, 0.05) is 71.1 Å². The topological polar surface area (TPSA) is 54.3 Å². The molecular weight excluding hydrogens is 481 g/mol. The molecule has 0 radical (unpaired) electrons. The summed E-state index contributed by atoms with van der Waals surface area (Å²) in [5.41, 5.74) is 2.40. The van der Waals surface area contributed by atoms with E-state index < -0.39 is 0 Å². The molecule has 0 bridgehead atoms. The molecule has 33 heavy (non-hydrogen) atoms. The fourth-order valence-corrected chi connectivity index (χ4v) is 4.78. The zero-order valence-electron chi connectivity index (χ0n) is 17.6. The molecule has 2 aromatic carbocycles. The first-order valence-electron chi connectivity index (χ1n) is 10.5. The lowest BCUT2D eigenvalue weighted by Crippen LogP contribution is -2.49. The second kappa shape index (κ2) is 9.21. The Kier molecular flexibility index (Phi) is 6.15. The molecule has 0 N–H and O–H groups in total. The number of halogens is 3. The van der Waals surface area contributed by atoms with E-state index in [0.717, 1.165) is 16.5 Å². The summed E-state index contributed by atoms with van der Waals surface area (Å²) in [7, 11) is 0. The lowest BCUT2D eigenvalue weighted by atomic mass is 10.2. The Hall–Kier alpha value is -2.80. The molecule has 3 heterocycles. The van der Waals surface area contributed by atoms with Crippen LogP contribution in [0.1, 0.15) is 16.1 Å². The van der Waals surface area contributed by atoms with Gasteiger partial charge in [-0.25, -0.2) is 9.97 Å². The first kappa shape index (κ1) is 22.0. The van der Waals surface area contributed by atoms with Crippen molar-refractivity contribution in [1.29, 1.82) is 0 Å². The van der Waals surface area contributed by atoms with Gasteiger partial charge in [-0.15, -0.1) is 0 Å². The first-order chi connectivity index (χ1) is 16.0. The van der Waals surface area contributed by atoms with Gasteiger partial charge >= 0.3 is 0 Å². The Morgan fingerprint density at radius 3 is 2.30 bits per heavy atom. The second-order valence-electron chi connectivity index (χ2n) is 7.88. The minimum atomic E-state index is -0.0268. The molecule has 2 aromatic heterocycles. The minimum absolute atomic E-state index is 0.0268. The van der Waals surface area contributed by atoms with Crippen molar-refractivity contribution in [2.45, 2.75) is 6.54 Å². The zero-order chi connectivity index (χ0) is 22.9. The van der Waals surface area contributed by atoms with E-state index in [1.54, 1.807) is 30.6 Å². The highest BCUT2D eigenvalue weighted by molar-refractivity contribution is 6.35. The van der Waals surface area contributed by atoms with Crippen LogP contribution in [-0.2, 0) is 6.54 Å². The zero-order valence-corrected chi connectivity index (χ0v) is 19.9. The second-order valence-corrected chi connectivity index (χ2v) is 9.16. The van der Waals surface area contributed by atoms with Crippen LogP contribution in [0.3, 0.4) is 0 Å². The maximum Gasteiger partial charge on any atom is 0.270 e. The summed E-state index contributed by atoms with van der Waals surface area (Å²) >= 11 is 18.7. The molecule has 0 atom stereocenters. The van der Waals surface area contributed by atoms with Crippen molar-refractivity contribution < 1.29 is 4.79 Å². The number of hydrogen-bond donors (Lipinski definition) is 0. The summed E-state index contributed by atoms with van der Waals surface area (Å²) in [6.07, 6.45) is 3.46. The predicted octanol–water partition coefficient (Wildman–Crippen LogP) is 5.40. The van der Waals surface area contributed by atoms with E-state index in [1.807, 2.05) is 39.8 Å². The van der Waals surface area contributed by atoms with Crippen LogP contribution in [0.25, 0.3) is 10.9 Å². The van der Waals surface area contributed by atoms with Gasteiger partial charge in [0.2, 0.25) is 5.95 Å². The number of piperazine rings is 1. The van der Waals surface area contributed by atoms with E-state index in [0.29, 0.717) is 59.4 Å². The number of rotatable bonds is 4. The quantitative estimate of drug-likeness (QED) is 0.376. The summed E-state index contributed by atoms with van der Waals surface area (Å²) in [4.78, 5) is 26.2. The summed E-state index contributed by atoms with van der Waals surface area (Å²) in [6.45, 7) is 2.96. The van der Waals surface area contributed by atoms with E-state index in [2.05, 4.69) is 14.9 Å². The maximum atomic E-state index is 13.6. The molecule has 6 nitrogen and oxygen atoms in total. The minimum Gasteiger partial charge on any atom is -0.337 e. The van der Waals surface area contributed by atoms with Crippen LogP contribution in [-0.4, -0.2) is 51.5 Å². The molecule has 1 saturated heterocycles. The number of hydrogen-bond acceptors (Lipinski definition) is 4. The highest BCUT2D eigenvalue weighted by Crippen LogP contribution is 2.28. The molecular formula is C24H20Cl3N5O. The number of amides is 1. The normalized spacial score (nSPS) is 14.2. The number of benzene rings is 2. The summed E-state index contributed by atoms with van der Waals surface area (Å²) < 4.78 is 2.00. The van der Waals surface area contributed by atoms with Gasteiger partial charge in [-0.1, -0.05) is 40.9 Å². The third-order valence-electron chi connectivity index (χ3n) is 5.83. The molecule has 1 amide bonds. The fraction of sp³-hybridized carbons (Fsp3) is 0.208. The van der Waals surface area contributed by atoms with E-state index in [4.69, 9.17) is 34.8 Å². The van der Waals surface area contributed by atoms with Crippen LogP contribution in [0, 0.1) is 0 Å². The van der Waals surface area contributed by atoms with Gasteiger partial charge in [0.1, 0.15) is 5.69 Å². The number of anilines is 1. The molecule has 4 aromatic rings. The average molecular weight is 501 g/mol. The number of fused-ring (bicyclic) bond motifs is 1. The van der Waals surface area contributed by atoms with Crippen molar-refractivity contribution in [3.63, 3.8) is 0 Å². The SMILES string of the molecule is O=C(c1cc2cc(Cl)ccc2n1Cc1ccc(Cl)cc1Cl)N1CCN(c2ncccn2)CC1. The smallest absolute Gasteiger partial charge is 0.270 e. The Morgan fingerprint density at radius 1 is 0.879 bits per heavy atom. The Labute approximate surface area is 206 Å². The highest BCUT2D eigenvalue weighted by atomic mass is 35.5. The molecule has 0 unspecified atom stereocenters. The molecule has 0 spiro atoms. The van der Waals surface area contributed by atoms with Crippen LogP contribution in [0.5, 0.6) is 0 Å². The van der Waals surface area contributed by atoms with Crippen molar-refractivity contribution in [3.05, 3.63) is 87.2 Å². The van der Waals surface area contributed by atoms with Crippen LogP contribution in [0.4, 0.5) is 5.95 Å². The van der Waals surface area contributed by atoms with Crippen molar-refractivity contribution in [3.8, 4) is 0 Å². The number of nitrogens with zero attached hydrogens (tertiary/aromatic N) is 5. The summed E-state index contributed by atoms with van der Waals surface area (Å²) in [5, 5.41) is 2.67. The number of aromatic nitrogens is 3. The van der Waals surface area contributed by atoms with Crippen molar-refractivity contribution >= 4 is 57.6 Å². The molecule has 1 aliphatic rings. The van der Waals surface area contributed by atoms with Crippen molar-refractivity contribution in [2.24, 2.45) is 0 Å². The lowest BCUT2D eigenvalue weighted by Gasteiger charge is -2.34. The van der Waals surface area contributed by atoms with Gasteiger partial charge in [-0.05, 0) is 48.0 Å². The molecule has 9 heteroatoms. The van der Waals surface area contributed by atoms with Gasteiger partial charge in [0.25, 0.3) is 5.91 Å². The summed E-state index contributed by atoms with van der Waals surface area (Å²) in [5.74, 6) is 0.659. The third kappa shape index (κ3) is 4.51. The Morgan fingerprint density at radius 2 is 1.58 bits per heavy atom. The van der Waals surface area contributed by atoms with Crippen molar-refractivity contribution in [2.75, 3.05) is 31.1 Å². The lowest BCUT2D eigenvalue weighted by molar-refractivity contribution is 0.0736. The summed E-state index contributed by atoms with van der Waals surface area (Å²) in [6, 6.07) is 14.7. The molecule has 5 rings (SSSR count). The van der Waals surface area contributed by atoms with Gasteiger partial charge < -0.3 is 14.4 Å². The monoisotopic (exact) mass is 499 g/mol. The van der Waals surface area contributed by atoms with E-state index in [1.165, 1.54) is 0 Å². The van der Waals surface area contributed by atoms with E-state index in [9.17, 15) is 4.79 Å². The molecule has 168 valence electrons. The average Bonchev–Trinajstić information content (AvgIpc) is 3.18. The fourth-order valence-electron chi connectivity index (χ4n) is 4.14. The molecule has 0 aliphatic carbocycles. The molecule has 1 fully saturated rings. The Bertz CT molecular complexity index is 1320.